The van der Waals surface area contributed by atoms with E-state index >= 15 is 0 Å². The van der Waals surface area contributed by atoms with Crippen LogP contribution in [0.1, 0.15) is 15.9 Å². The molecule has 0 saturated carbocycles. The van der Waals surface area contributed by atoms with Crippen LogP contribution in [0.15, 0.2) is 41.3 Å². The number of nitriles is 1. The van der Waals surface area contributed by atoms with Gasteiger partial charge in [0.1, 0.15) is 11.9 Å². The quantitative estimate of drug-likeness (QED) is 0.808. The minimum Gasteiger partial charge on any atom is -0.368 e. The van der Waals surface area contributed by atoms with Crippen molar-refractivity contribution in [1.82, 2.24) is 15.3 Å². The summed E-state index contributed by atoms with van der Waals surface area (Å²) in [5, 5.41) is 14.5. The second kappa shape index (κ2) is 7.36. The SMILES string of the molecule is N#Cc1ccc(NCCNC(=O)c2cncc(Br)c2)nc1. The Morgan fingerprint density at radius 2 is 2.14 bits per heavy atom. The molecule has 2 N–H and O–H groups in total. The van der Waals surface area contributed by atoms with E-state index in [0.717, 1.165) is 4.47 Å². The van der Waals surface area contributed by atoms with Gasteiger partial charge in [-0.25, -0.2) is 4.98 Å². The topological polar surface area (TPSA) is 90.7 Å². The summed E-state index contributed by atoms with van der Waals surface area (Å²) in [6.45, 7) is 0.985. The molecule has 0 aliphatic heterocycles. The molecule has 0 spiro atoms. The number of hydrogen-bond acceptors (Lipinski definition) is 5. The fourth-order valence-corrected chi connectivity index (χ4v) is 1.93. The first kappa shape index (κ1) is 14.9. The summed E-state index contributed by atoms with van der Waals surface area (Å²) in [6.07, 6.45) is 4.62. The Morgan fingerprint density at radius 3 is 2.81 bits per heavy atom. The zero-order valence-electron chi connectivity index (χ0n) is 11.0. The van der Waals surface area contributed by atoms with Gasteiger partial charge in [0.25, 0.3) is 5.91 Å². The number of nitrogens with one attached hydrogen (secondary N) is 2. The van der Waals surface area contributed by atoms with Crippen LogP contribution in [0.3, 0.4) is 0 Å². The van der Waals surface area contributed by atoms with Gasteiger partial charge in [0.2, 0.25) is 0 Å². The van der Waals surface area contributed by atoms with Crippen LogP contribution in [0.25, 0.3) is 0 Å². The second-order valence-corrected chi connectivity index (χ2v) is 5.03. The molecule has 0 atom stereocenters. The van der Waals surface area contributed by atoms with E-state index < -0.39 is 0 Å². The Hall–Kier alpha value is -2.46. The van der Waals surface area contributed by atoms with Crippen LogP contribution in [0.5, 0.6) is 0 Å². The van der Waals surface area contributed by atoms with Crippen LogP contribution in [0.2, 0.25) is 0 Å². The van der Waals surface area contributed by atoms with Crippen molar-refractivity contribution in [2.75, 3.05) is 18.4 Å². The molecule has 21 heavy (non-hydrogen) atoms. The molecule has 0 radical (unpaired) electrons. The molecule has 6 nitrogen and oxygen atoms in total. The van der Waals surface area contributed by atoms with Gasteiger partial charge in [-0.05, 0) is 34.1 Å². The molecule has 7 heteroatoms. The third-order valence-electron chi connectivity index (χ3n) is 2.58. The summed E-state index contributed by atoms with van der Waals surface area (Å²) in [6, 6.07) is 7.11. The molecular weight excluding hydrogens is 334 g/mol. The zero-order chi connectivity index (χ0) is 15.1. The lowest BCUT2D eigenvalue weighted by molar-refractivity contribution is 0.0954. The Balaban J connectivity index is 1.76. The van der Waals surface area contributed by atoms with E-state index in [2.05, 4.69) is 36.5 Å². The first-order valence-corrected chi connectivity index (χ1v) is 6.97. The van der Waals surface area contributed by atoms with E-state index in [1.807, 2.05) is 6.07 Å². The fraction of sp³-hybridized carbons (Fsp3) is 0.143. The van der Waals surface area contributed by atoms with Crippen molar-refractivity contribution >= 4 is 27.7 Å². The largest absolute Gasteiger partial charge is 0.368 e. The van der Waals surface area contributed by atoms with Gasteiger partial charge in [0, 0.05) is 36.2 Å². The fourth-order valence-electron chi connectivity index (χ4n) is 1.57. The highest BCUT2D eigenvalue weighted by molar-refractivity contribution is 9.10. The summed E-state index contributed by atoms with van der Waals surface area (Å²) in [4.78, 5) is 19.9. The molecule has 2 aromatic rings. The van der Waals surface area contributed by atoms with E-state index in [0.29, 0.717) is 30.0 Å². The first-order chi connectivity index (χ1) is 10.2. The van der Waals surface area contributed by atoms with Gasteiger partial charge in [-0.3, -0.25) is 9.78 Å². The summed E-state index contributed by atoms with van der Waals surface area (Å²) in [7, 11) is 0. The van der Waals surface area contributed by atoms with Gasteiger partial charge in [-0.1, -0.05) is 0 Å². The number of halogens is 1. The van der Waals surface area contributed by atoms with Crippen LogP contribution in [0, 0.1) is 11.3 Å². The lowest BCUT2D eigenvalue weighted by Gasteiger charge is -2.07. The molecule has 0 bridgehead atoms. The van der Waals surface area contributed by atoms with Crippen LogP contribution in [-0.4, -0.2) is 29.0 Å². The third-order valence-corrected chi connectivity index (χ3v) is 3.01. The Morgan fingerprint density at radius 1 is 1.29 bits per heavy atom. The maximum absolute atomic E-state index is 11.8. The summed E-state index contributed by atoms with van der Waals surface area (Å²) in [5.41, 5.74) is 1.01. The monoisotopic (exact) mass is 345 g/mol. The number of rotatable bonds is 5. The maximum atomic E-state index is 11.8. The summed E-state index contributed by atoms with van der Waals surface area (Å²) in [5.74, 6) is 0.478. The normalized spacial score (nSPS) is 9.71. The molecule has 0 unspecified atom stereocenters. The van der Waals surface area contributed by atoms with Crippen molar-refractivity contribution in [3.05, 3.63) is 52.4 Å². The maximum Gasteiger partial charge on any atom is 0.252 e. The number of hydrogen-bond donors (Lipinski definition) is 2. The van der Waals surface area contributed by atoms with Gasteiger partial charge in [0.05, 0.1) is 11.1 Å². The van der Waals surface area contributed by atoms with E-state index in [4.69, 9.17) is 5.26 Å². The van der Waals surface area contributed by atoms with Crippen molar-refractivity contribution in [2.24, 2.45) is 0 Å². The number of carbonyl (C=O) groups is 1. The van der Waals surface area contributed by atoms with Gasteiger partial charge < -0.3 is 10.6 Å². The van der Waals surface area contributed by atoms with E-state index in [1.54, 1.807) is 24.4 Å². The molecule has 0 saturated heterocycles. The average Bonchev–Trinajstić information content (AvgIpc) is 2.52. The molecule has 2 rings (SSSR count). The Kier molecular flexibility index (Phi) is 5.23. The van der Waals surface area contributed by atoms with E-state index in [9.17, 15) is 4.79 Å². The molecule has 0 aliphatic rings. The number of carbonyl (C=O) groups excluding carboxylic acids is 1. The highest BCUT2D eigenvalue weighted by Crippen LogP contribution is 2.09. The van der Waals surface area contributed by atoms with Gasteiger partial charge in [-0.2, -0.15) is 5.26 Å². The highest BCUT2D eigenvalue weighted by Gasteiger charge is 2.05. The van der Waals surface area contributed by atoms with Crippen LogP contribution in [-0.2, 0) is 0 Å². The van der Waals surface area contributed by atoms with Crippen LogP contribution >= 0.6 is 15.9 Å². The van der Waals surface area contributed by atoms with Crippen LogP contribution < -0.4 is 10.6 Å². The van der Waals surface area contributed by atoms with Gasteiger partial charge in [-0.15, -0.1) is 0 Å². The lowest BCUT2D eigenvalue weighted by atomic mass is 10.3. The smallest absolute Gasteiger partial charge is 0.252 e. The lowest BCUT2D eigenvalue weighted by Crippen LogP contribution is -2.29. The van der Waals surface area contributed by atoms with Crippen molar-refractivity contribution < 1.29 is 4.79 Å². The summed E-state index contributed by atoms with van der Waals surface area (Å²) >= 11 is 3.27. The summed E-state index contributed by atoms with van der Waals surface area (Å²) < 4.78 is 0.759. The number of anilines is 1. The standard InChI is InChI=1S/C14H12BrN5O/c15-12-5-11(8-17-9-12)14(21)19-4-3-18-13-2-1-10(6-16)7-20-13/h1-2,5,7-9H,3-4H2,(H,18,20)(H,19,21). The number of pyridine rings is 2. The van der Waals surface area contributed by atoms with Crippen molar-refractivity contribution in [1.29, 1.82) is 5.26 Å². The van der Waals surface area contributed by atoms with Crippen molar-refractivity contribution in [2.45, 2.75) is 0 Å². The van der Waals surface area contributed by atoms with Crippen molar-refractivity contribution in [3.63, 3.8) is 0 Å². The molecule has 0 fully saturated rings. The molecule has 0 aliphatic carbocycles. The molecule has 2 heterocycles. The predicted octanol–water partition coefficient (Wildman–Crippen LogP) is 1.95. The molecular formula is C14H12BrN5O. The van der Waals surface area contributed by atoms with Crippen LogP contribution in [0.4, 0.5) is 5.82 Å². The third kappa shape index (κ3) is 4.54. The molecule has 0 aromatic carbocycles. The molecule has 106 valence electrons. The van der Waals surface area contributed by atoms with Gasteiger partial charge >= 0.3 is 0 Å². The number of nitrogens with zero attached hydrogens (tertiary/aromatic N) is 3. The Bertz CT molecular complexity index is 666. The minimum absolute atomic E-state index is 0.182. The van der Waals surface area contributed by atoms with Gasteiger partial charge in [0.15, 0.2) is 0 Å². The average molecular weight is 346 g/mol. The predicted molar refractivity (Wildman–Crippen MR) is 81.7 cm³/mol. The molecule has 2 aromatic heterocycles. The highest BCUT2D eigenvalue weighted by atomic mass is 79.9. The Labute approximate surface area is 130 Å². The van der Waals surface area contributed by atoms with E-state index in [1.165, 1.54) is 12.4 Å². The number of amides is 1. The van der Waals surface area contributed by atoms with Crippen molar-refractivity contribution in [3.8, 4) is 6.07 Å². The number of aromatic nitrogens is 2. The zero-order valence-corrected chi connectivity index (χ0v) is 12.6. The first-order valence-electron chi connectivity index (χ1n) is 6.18. The van der Waals surface area contributed by atoms with E-state index in [-0.39, 0.29) is 5.91 Å². The minimum atomic E-state index is -0.182. The second-order valence-electron chi connectivity index (χ2n) is 4.12. The molecule has 1 amide bonds.